The molecule has 0 aliphatic carbocycles. The number of nitrogens with zero attached hydrogens (tertiary/aromatic N) is 2. The molecule has 0 radical (unpaired) electrons. The van der Waals surface area contributed by atoms with Crippen LogP contribution in [0, 0.1) is 17.5 Å². The number of aliphatic hydroxyl groups is 1. The van der Waals surface area contributed by atoms with Crippen molar-refractivity contribution in [2.75, 3.05) is 0 Å². The molecule has 2 aromatic rings. The first kappa shape index (κ1) is 19.0. The second kappa shape index (κ2) is 6.76. The average Bonchev–Trinajstić information content (AvgIpc) is 2.74. The summed E-state index contributed by atoms with van der Waals surface area (Å²) in [6.45, 7) is 1.04. The summed E-state index contributed by atoms with van der Waals surface area (Å²) in [6.07, 6.45) is -0.956. The van der Waals surface area contributed by atoms with Gasteiger partial charge >= 0.3 is 5.92 Å². The smallest absolute Gasteiger partial charge is 0.351 e. The highest BCUT2D eigenvalue weighted by molar-refractivity contribution is 5.87. The van der Waals surface area contributed by atoms with Crippen molar-refractivity contribution in [2.24, 2.45) is 0 Å². The monoisotopic (exact) mass is 388 g/mol. The fourth-order valence-corrected chi connectivity index (χ4v) is 2.68. The maximum absolute atomic E-state index is 13.6. The van der Waals surface area contributed by atoms with Crippen molar-refractivity contribution in [1.82, 2.24) is 9.88 Å². The van der Waals surface area contributed by atoms with Crippen molar-refractivity contribution >= 4 is 5.91 Å². The second-order valence-corrected chi connectivity index (χ2v) is 6.05. The van der Waals surface area contributed by atoms with Gasteiger partial charge in [-0.3, -0.25) is 4.79 Å². The lowest BCUT2D eigenvalue weighted by atomic mass is 10.1. The van der Waals surface area contributed by atoms with E-state index in [0.29, 0.717) is 17.7 Å². The van der Waals surface area contributed by atoms with Crippen LogP contribution in [0.3, 0.4) is 0 Å². The first-order valence-corrected chi connectivity index (χ1v) is 7.75. The third kappa shape index (κ3) is 3.44. The lowest BCUT2D eigenvalue weighted by molar-refractivity contribution is -0.155. The molecule has 1 saturated heterocycles. The number of pyridine rings is 1. The molecule has 2 atom stereocenters. The highest BCUT2D eigenvalue weighted by Crippen LogP contribution is 2.35. The molecule has 1 amide bonds. The van der Waals surface area contributed by atoms with Crippen LogP contribution in [0.1, 0.15) is 12.5 Å². The van der Waals surface area contributed by atoms with Gasteiger partial charge < -0.3 is 14.7 Å². The van der Waals surface area contributed by atoms with E-state index in [2.05, 4.69) is 4.98 Å². The number of aliphatic hydroxyl groups excluding tert-OH is 1. The molecule has 1 N–H and O–H groups in total. The molecule has 0 unspecified atom stereocenters. The van der Waals surface area contributed by atoms with Crippen molar-refractivity contribution in [3.8, 4) is 11.6 Å². The van der Waals surface area contributed by atoms with Crippen LogP contribution in [0.2, 0.25) is 0 Å². The number of likely N-dealkylation sites (tertiary alicyclic amines) is 1. The Hall–Kier alpha value is -2.75. The summed E-state index contributed by atoms with van der Waals surface area (Å²) >= 11 is 0. The van der Waals surface area contributed by atoms with Gasteiger partial charge in [-0.05, 0) is 12.5 Å². The maximum atomic E-state index is 13.6. The molecule has 2 heterocycles. The van der Waals surface area contributed by atoms with Gasteiger partial charge in [0.2, 0.25) is 11.6 Å². The number of ether oxygens (including phenoxy) is 1. The molecule has 10 heteroatoms. The van der Waals surface area contributed by atoms with Gasteiger partial charge in [-0.2, -0.15) is 8.78 Å². The van der Waals surface area contributed by atoms with E-state index in [1.807, 2.05) is 0 Å². The first-order chi connectivity index (χ1) is 12.6. The zero-order chi connectivity index (χ0) is 19.9. The van der Waals surface area contributed by atoms with Gasteiger partial charge in [0.1, 0.15) is 11.9 Å². The summed E-state index contributed by atoms with van der Waals surface area (Å²) in [7, 11) is 0. The Kier molecular flexibility index (Phi) is 4.77. The van der Waals surface area contributed by atoms with E-state index in [0.717, 1.165) is 11.1 Å². The maximum Gasteiger partial charge on any atom is 0.351 e. The van der Waals surface area contributed by atoms with Crippen LogP contribution in [-0.2, 0) is 11.3 Å². The van der Waals surface area contributed by atoms with E-state index < -0.39 is 47.2 Å². The Morgan fingerprint density at radius 2 is 1.85 bits per heavy atom. The zero-order valence-electron chi connectivity index (χ0n) is 13.8. The second-order valence-electron chi connectivity index (χ2n) is 6.05. The van der Waals surface area contributed by atoms with Gasteiger partial charge in [0.15, 0.2) is 11.6 Å². The Labute approximate surface area is 150 Å². The molecular formula is C17H13F5N2O3. The number of alkyl halides is 2. The highest BCUT2D eigenvalue weighted by Gasteiger charge is 2.59. The Morgan fingerprint density at radius 3 is 2.33 bits per heavy atom. The number of rotatable bonds is 4. The third-order valence-electron chi connectivity index (χ3n) is 4.19. The largest absolute Gasteiger partial charge is 0.433 e. The van der Waals surface area contributed by atoms with E-state index in [-0.39, 0.29) is 12.4 Å². The molecule has 0 saturated carbocycles. The molecule has 1 aliphatic heterocycles. The first-order valence-electron chi connectivity index (χ1n) is 7.75. The molecule has 0 spiro atoms. The number of aromatic nitrogens is 1. The lowest BCUT2D eigenvalue weighted by Crippen LogP contribution is -2.37. The summed E-state index contributed by atoms with van der Waals surface area (Å²) < 4.78 is 72.1. The summed E-state index contributed by atoms with van der Waals surface area (Å²) in [6, 6.07) is 2.34. The molecule has 144 valence electrons. The Bertz CT molecular complexity index is 852. The number of benzene rings is 1. The van der Waals surface area contributed by atoms with Crippen molar-refractivity contribution in [3.05, 3.63) is 53.5 Å². The van der Waals surface area contributed by atoms with Crippen LogP contribution in [0.5, 0.6) is 11.6 Å². The normalized spacial score (nSPS) is 21.6. The van der Waals surface area contributed by atoms with Crippen molar-refractivity contribution in [3.63, 3.8) is 0 Å². The predicted molar refractivity (Wildman–Crippen MR) is 81.6 cm³/mol. The van der Waals surface area contributed by atoms with Crippen LogP contribution in [0.25, 0.3) is 0 Å². The minimum absolute atomic E-state index is 0.227. The number of halogens is 5. The van der Waals surface area contributed by atoms with Gasteiger partial charge in [-0.25, -0.2) is 18.2 Å². The number of hydrogen-bond acceptors (Lipinski definition) is 4. The minimum Gasteiger partial charge on any atom is -0.433 e. The fourth-order valence-electron chi connectivity index (χ4n) is 2.68. The van der Waals surface area contributed by atoms with Gasteiger partial charge in [0, 0.05) is 30.9 Å². The van der Waals surface area contributed by atoms with Crippen molar-refractivity contribution in [2.45, 2.75) is 31.5 Å². The van der Waals surface area contributed by atoms with E-state index in [1.165, 1.54) is 19.1 Å². The molecule has 1 aromatic carbocycles. The molecule has 3 rings (SSSR count). The van der Waals surface area contributed by atoms with E-state index in [9.17, 15) is 31.9 Å². The predicted octanol–water partition coefficient (Wildman–Crippen LogP) is 3.02. The van der Waals surface area contributed by atoms with E-state index in [4.69, 9.17) is 4.74 Å². The van der Waals surface area contributed by atoms with Crippen LogP contribution >= 0.6 is 0 Å². The van der Waals surface area contributed by atoms with Crippen LogP contribution < -0.4 is 4.74 Å². The standard InChI is InChI=1S/C17H13F5N2O3/c1-8-15(25)17(21,22)16(26)24(8)7-9-2-3-13(23-6-9)27-14-11(19)4-10(18)5-12(14)20/h2-6,8,15,25H,7H2,1H3/t8-,15+/m0/s1. The molecular weight excluding hydrogens is 375 g/mol. The van der Waals surface area contributed by atoms with E-state index >= 15 is 0 Å². The van der Waals surface area contributed by atoms with E-state index in [1.54, 1.807) is 0 Å². The molecule has 5 nitrogen and oxygen atoms in total. The van der Waals surface area contributed by atoms with Crippen LogP contribution in [0.4, 0.5) is 22.0 Å². The number of amides is 1. The Balaban J connectivity index is 1.74. The SMILES string of the molecule is C[C@H]1[C@@H](O)C(F)(F)C(=O)N1Cc1ccc(Oc2c(F)cc(F)cc2F)nc1. The molecule has 0 bridgehead atoms. The topological polar surface area (TPSA) is 62.7 Å². The van der Waals surface area contributed by atoms with Gasteiger partial charge in [0.05, 0.1) is 6.04 Å². The minimum atomic E-state index is -3.87. The van der Waals surface area contributed by atoms with Crippen molar-refractivity contribution < 1.29 is 36.6 Å². The lowest BCUT2D eigenvalue weighted by Gasteiger charge is -2.21. The fraction of sp³-hybridized carbons (Fsp3) is 0.294. The third-order valence-corrected chi connectivity index (χ3v) is 4.19. The number of hydrogen-bond donors (Lipinski definition) is 1. The van der Waals surface area contributed by atoms with Gasteiger partial charge in [-0.15, -0.1) is 0 Å². The van der Waals surface area contributed by atoms with Crippen LogP contribution in [0.15, 0.2) is 30.5 Å². The van der Waals surface area contributed by atoms with Crippen LogP contribution in [-0.4, -0.2) is 39.0 Å². The summed E-state index contributed by atoms with van der Waals surface area (Å²) in [5.41, 5.74) is 0.326. The summed E-state index contributed by atoms with van der Waals surface area (Å²) in [5.74, 6) is -10.1. The summed E-state index contributed by atoms with van der Waals surface area (Å²) in [4.78, 5) is 16.3. The molecule has 1 aliphatic rings. The van der Waals surface area contributed by atoms with Gasteiger partial charge in [-0.1, -0.05) is 6.07 Å². The van der Waals surface area contributed by atoms with Crippen molar-refractivity contribution in [1.29, 1.82) is 0 Å². The zero-order valence-corrected chi connectivity index (χ0v) is 13.8. The summed E-state index contributed by atoms with van der Waals surface area (Å²) in [5, 5.41) is 9.48. The van der Waals surface area contributed by atoms with Gasteiger partial charge in [0.25, 0.3) is 5.91 Å². The Morgan fingerprint density at radius 1 is 1.22 bits per heavy atom. The number of carbonyl (C=O) groups is 1. The average molecular weight is 388 g/mol. The quantitative estimate of drug-likeness (QED) is 0.818. The molecule has 1 aromatic heterocycles. The molecule has 1 fully saturated rings. The highest BCUT2D eigenvalue weighted by atomic mass is 19.3. The number of carbonyl (C=O) groups excluding carboxylic acids is 1. The molecule has 27 heavy (non-hydrogen) atoms.